The van der Waals surface area contributed by atoms with Gasteiger partial charge in [-0.1, -0.05) is 19.4 Å². The molecule has 2 rings (SSSR count). The topological polar surface area (TPSA) is 86.8 Å². The van der Waals surface area contributed by atoms with Crippen molar-refractivity contribution in [2.45, 2.75) is 39.5 Å². The van der Waals surface area contributed by atoms with E-state index in [1.54, 1.807) is 32.3 Å². The predicted octanol–water partition coefficient (Wildman–Crippen LogP) is 2.85. The molecule has 0 saturated heterocycles. The average Bonchev–Trinajstić information content (AvgIpc) is 2.70. The zero-order valence-electron chi connectivity index (χ0n) is 16.9. The lowest BCUT2D eigenvalue weighted by Crippen LogP contribution is -2.32. The lowest BCUT2D eigenvalue weighted by atomic mass is 9.81. The molecule has 0 aliphatic carbocycles. The van der Waals surface area contributed by atoms with Crippen LogP contribution in [0.1, 0.15) is 45.1 Å². The molecule has 0 spiro atoms. The normalized spacial score (nSPS) is 16.6. The maximum absolute atomic E-state index is 12.9. The van der Waals surface area contributed by atoms with E-state index in [2.05, 4.69) is 17.2 Å². The molecule has 0 radical (unpaired) electrons. The lowest BCUT2D eigenvalue weighted by Gasteiger charge is -2.30. The summed E-state index contributed by atoms with van der Waals surface area (Å²) in [6, 6.07) is 3.59. The minimum Gasteiger partial charge on any atom is -0.466 e. The van der Waals surface area contributed by atoms with Crippen LogP contribution in [0, 0.1) is 0 Å². The van der Waals surface area contributed by atoms with Gasteiger partial charge >= 0.3 is 11.9 Å². The maximum Gasteiger partial charge on any atom is 0.336 e. The Morgan fingerprint density at radius 2 is 1.82 bits per heavy atom. The maximum atomic E-state index is 12.9. The number of rotatable bonds is 9. The first-order valence-electron chi connectivity index (χ1n) is 9.42. The fraction of sp³-hybridized carbons (Fsp3) is 0.476. The van der Waals surface area contributed by atoms with Crippen molar-refractivity contribution in [3.05, 3.63) is 52.6 Å². The Kier molecular flexibility index (Phi) is 8.19. The van der Waals surface area contributed by atoms with E-state index in [4.69, 9.17) is 14.2 Å². The number of carbonyl (C=O) groups is 2. The summed E-state index contributed by atoms with van der Waals surface area (Å²) in [5, 5.41) is 3.10. The largest absolute Gasteiger partial charge is 0.466 e. The second kappa shape index (κ2) is 10.6. The number of aromatic nitrogens is 1. The zero-order valence-corrected chi connectivity index (χ0v) is 16.9. The first kappa shape index (κ1) is 21.6. The van der Waals surface area contributed by atoms with Gasteiger partial charge in [-0.15, -0.1) is 0 Å². The highest BCUT2D eigenvalue weighted by Crippen LogP contribution is 2.38. The summed E-state index contributed by atoms with van der Waals surface area (Å²) in [7, 11) is 1.32. The number of esters is 2. The van der Waals surface area contributed by atoms with Crippen LogP contribution in [0.5, 0.6) is 0 Å². The van der Waals surface area contributed by atoms with Crippen LogP contribution in [0.3, 0.4) is 0 Å². The quantitative estimate of drug-likeness (QED) is 0.514. The monoisotopic (exact) mass is 388 g/mol. The number of nitrogens with one attached hydrogen (secondary N) is 1. The van der Waals surface area contributed by atoms with Crippen LogP contribution in [0.2, 0.25) is 0 Å². The number of ether oxygens (including phenoxy) is 3. The molecular formula is C21H28N2O5. The second-order valence-electron chi connectivity index (χ2n) is 6.52. The summed E-state index contributed by atoms with van der Waals surface area (Å²) in [5.74, 6) is -1.61. The van der Waals surface area contributed by atoms with Gasteiger partial charge in [0, 0.05) is 30.4 Å². The van der Waals surface area contributed by atoms with E-state index in [9.17, 15) is 9.59 Å². The van der Waals surface area contributed by atoms with Crippen LogP contribution in [0.15, 0.2) is 47.1 Å². The number of dihydropyridines is 1. The minimum absolute atomic E-state index is 0.148. The Morgan fingerprint density at radius 3 is 2.43 bits per heavy atom. The molecule has 7 heteroatoms. The van der Waals surface area contributed by atoms with Gasteiger partial charge in [0.2, 0.25) is 0 Å². The molecule has 0 bridgehead atoms. The highest BCUT2D eigenvalue weighted by molar-refractivity contribution is 5.99. The van der Waals surface area contributed by atoms with Gasteiger partial charge < -0.3 is 19.5 Å². The molecular weight excluding hydrogens is 360 g/mol. The van der Waals surface area contributed by atoms with Gasteiger partial charge in [0.15, 0.2) is 0 Å². The number of allylic oxidation sites excluding steroid dienone is 2. The number of carbonyl (C=O) groups excluding carboxylic acids is 2. The molecule has 0 aromatic carbocycles. The molecule has 1 aromatic heterocycles. The van der Waals surface area contributed by atoms with Gasteiger partial charge in [-0.2, -0.15) is 0 Å². The summed E-state index contributed by atoms with van der Waals surface area (Å²) >= 11 is 0. The van der Waals surface area contributed by atoms with Crippen molar-refractivity contribution in [1.82, 2.24) is 10.3 Å². The number of pyridine rings is 1. The van der Waals surface area contributed by atoms with Crippen molar-refractivity contribution in [3.63, 3.8) is 0 Å². The van der Waals surface area contributed by atoms with Crippen molar-refractivity contribution < 1.29 is 23.8 Å². The van der Waals surface area contributed by atoms with Crippen LogP contribution in [-0.4, -0.2) is 43.9 Å². The Morgan fingerprint density at radius 1 is 1.11 bits per heavy atom. The first-order chi connectivity index (χ1) is 13.5. The van der Waals surface area contributed by atoms with E-state index < -0.39 is 17.9 Å². The van der Waals surface area contributed by atoms with Gasteiger partial charge in [0.05, 0.1) is 30.8 Å². The van der Waals surface area contributed by atoms with Crippen LogP contribution in [0.25, 0.3) is 0 Å². The molecule has 0 amide bonds. The van der Waals surface area contributed by atoms with Crippen molar-refractivity contribution in [2.75, 3.05) is 26.9 Å². The van der Waals surface area contributed by atoms with Crippen molar-refractivity contribution in [1.29, 1.82) is 0 Å². The summed E-state index contributed by atoms with van der Waals surface area (Å²) < 4.78 is 15.8. The first-order valence-corrected chi connectivity index (χ1v) is 9.42. The number of hydrogen-bond donors (Lipinski definition) is 1. The predicted molar refractivity (Wildman–Crippen MR) is 104 cm³/mol. The number of hydrogen-bond acceptors (Lipinski definition) is 7. The van der Waals surface area contributed by atoms with Gasteiger partial charge in [-0.05, 0) is 31.9 Å². The van der Waals surface area contributed by atoms with E-state index in [0.717, 1.165) is 12.8 Å². The molecule has 1 unspecified atom stereocenters. The fourth-order valence-corrected chi connectivity index (χ4v) is 3.14. The lowest BCUT2D eigenvalue weighted by molar-refractivity contribution is -0.141. The third-order valence-corrected chi connectivity index (χ3v) is 4.51. The van der Waals surface area contributed by atoms with Gasteiger partial charge in [-0.3, -0.25) is 4.98 Å². The number of unbranched alkanes of at least 4 members (excludes halogenated alkanes) is 1. The van der Waals surface area contributed by atoms with Crippen LogP contribution >= 0.6 is 0 Å². The Balaban J connectivity index is 2.26. The smallest absolute Gasteiger partial charge is 0.336 e. The van der Waals surface area contributed by atoms with E-state index in [1.165, 1.54) is 7.11 Å². The van der Waals surface area contributed by atoms with Crippen molar-refractivity contribution in [3.8, 4) is 0 Å². The summed E-state index contributed by atoms with van der Waals surface area (Å²) in [5.41, 5.74) is 2.72. The molecule has 28 heavy (non-hydrogen) atoms. The Labute approximate surface area is 165 Å². The molecule has 0 saturated carbocycles. The third-order valence-electron chi connectivity index (χ3n) is 4.51. The molecule has 1 atom stereocenters. The number of methoxy groups -OCH3 is 1. The highest BCUT2D eigenvalue weighted by atomic mass is 16.6. The van der Waals surface area contributed by atoms with E-state index in [1.807, 2.05) is 6.07 Å². The molecule has 1 aromatic rings. The standard InChI is InChI=1S/C21H28N2O5/c1-5-6-10-27-11-12-28-21(25)18-15(3)23-14(2)17(20(24)26-4)19(18)16-8-7-9-22-13-16/h7-9,13,19,23H,5-6,10-12H2,1-4H3. The van der Waals surface area contributed by atoms with E-state index in [0.29, 0.717) is 41.3 Å². The van der Waals surface area contributed by atoms with Crippen molar-refractivity contribution >= 4 is 11.9 Å². The van der Waals surface area contributed by atoms with E-state index >= 15 is 0 Å². The van der Waals surface area contributed by atoms with Crippen molar-refractivity contribution in [2.24, 2.45) is 0 Å². The van der Waals surface area contributed by atoms with Crippen LogP contribution in [0.4, 0.5) is 0 Å². The van der Waals surface area contributed by atoms with Gasteiger partial charge in [0.1, 0.15) is 6.61 Å². The molecule has 0 fully saturated rings. The van der Waals surface area contributed by atoms with Gasteiger partial charge in [0.25, 0.3) is 0 Å². The van der Waals surface area contributed by atoms with E-state index in [-0.39, 0.29) is 6.61 Å². The highest BCUT2D eigenvalue weighted by Gasteiger charge is 2.37. The Hall–Kier alpha value is -2.67. The summed E-state index contributed by atoms with van der Waals surface area (Å²) in [6.07, 6.45) is 5.30. The molecule has 7 nitrogen and oxygen atoms in total. The Bertz CT molecular complexity index is 755. The minimum atomic E-state index is -0.615. The third kappa shape index (κ3) is 5.19. The summed E-state index contributed by atoms with van der Waals surface area (Å²) in [6.45, 7) is 6.78. The fourth-order valence-electron chi connectivity index (χ4n) is 3.14. The summed E-state index contributed by atoms with van der Waals surface area (Å²) in [4.78, 5) is 29.5. The second-order valence-corrected chi connectivity index (χ2v) is 6.52. The van der Waals surface area contributed by atoms with Crippen LogP contribution < -0.4 is 5.32 Å². The molecule has 1 N–H and O–H groups in total. The SMILES string of the molecule is CCCCOCCOC(=O)C1=C(C)NC(C)=C(C(=O)OC)C1c1cccnc1. The average molecular weight is 388 g/mol. The molecule has 152 valence electrons. The molecule has 2 heterocycles. The molecule has 1 aliphatic heterocycles. The van der Waals surface area contributed by atoms with Crippen LogP contribution in [-0.2, 0) is 23.8 Å². The zero-order chi connectivity index (χ0) is 20.5. The molecule has 1 aliphatic rings. The van der Waals surface area contributed by atoms with Gasteiger partial charge in [-0.25, -0.2) is 9.59 Å². The number of nitrogens with zero attached hydrogens (tertiary/aromatic N) is 1.